The summed E-state index contributed by atoms with van der Waals surface area (Å²) in [6, 6.07) is 6.13. The molecular weight excluding hydrogens is 278 g/mol. The first-order chi connectivity index (χ1) is 8.19. The predicted molar refractivity (Wildman–Crippen MR) is 74.1 cm³/mol. The smallest absolute Gasteiger partial charge is 0.106 e. The third-order valence-electron chi connectivity index (χ3n) is 2.71. The zero-order valence-electron chi connectivity index (χ0n) is 10.1. The number of hydrogen-bond acceptors (Lipinski definition) is 2. The van der Waals surface area contributed by atoms with E-state index >= 15 is 0 Å². The van der Waals surface area contributed by atoms with Crippen LogP contribution in [0.2, 0.25) is 0 Å². The normalized spacial score (nSPS) is 10.5. The van der Waals surface area contributed by atoms with Crippen molar-refractivity contribution in [1.82, 2.24) is 9.55 Å². The Bertz CT molecular complexity index is 505. The van der Waals surface area contributed by atoms with Gasteiger partial charge in [-0.2, -0.15) is 0 Å². The van der Waals surface area contributed by atoms with Gasteiger partial charge in [-0.05, 0) is 53.5 Å². The number of rotatable bonds is 4. The molecule has 3 nitrogen and oxygen atoms in total. The first-order valence-corrected chi connectivity index (χ1v) is 6.50. The standard InChI is InChI=1S/C13H16BrN3/c1-3-17-7-6-11(9-17)8-15-12-4-5-13(14)16-10(12)2/h4-7,9,15H,3,8H2,1-2H3. The molecule has 17 heavy (non-hydrogen) atoms. The van der Waals surface area contributed by atoms with E-state index in [1.54, 1.807) is 0 Å². The van der Waals surface area contributed by atoms with Gasteiger partial charge in [0.1, 0.15) is 4.60 Å². The van der Waals surface area contributed by atoms with Crippen LogP contribution in [0.15, 0.2) is 35.2 Å². The molecule has 0 aliphatic rings. The third kappa shape index (κ3) is 3.09. The largest absolute Gasteiger partial charge is 0.379 e. The van der Waals surface area contributed by atoms with Crippen LogP contribution >= 0.6 is 15.9 Å². The SMILES string of the molecule is CCn1ccc(CNc2ccc(Br)nc2C)c1. The maximum atomic E-state index is 4.36. The second-order valence-electron chi connectivity index (χ2n) is 3.97. The average Bonchev–Trinajstić information content (AvgIpc) is 2.76. The first-order valence-electron chi connectivity index (χ1n) is 5.70. The van der Waals surface area contributed by atoms with Crippen LogP contribution in [0.4, 0.5) is 5.69 Å². The maximum absolute atomic E-state index is 4.36. The number of pyridine rings is 1. The minimum Gasteiger partial charge on any atom is -0.379 e. The molecule has 0 aliphatic carbocycles. The lowest BCUT2D eigenvalue weighted by molar-refractivity contribution is 0.766. The highest BCUT2D eigenvalue weighted by atomic mass is 79.9. The van der Waals surface area contributed by atoms with Gasteiger partial charge in [0, 0.05) is 25.5 Å². The highest BCUT2D eigenvalue weighted by Crippen LogP contribution is 2.17. The Balaban J connectivity index is 2.02. The summed E-state index contributed by atoms with van der Waals surface area (Å²) in [5.41, 5.74) is 3.38. The molecule has 0 saturated carbocycles. The molecule has 0 amide bonds. The van der Waals surface area contributed by atoms with Crippen molar-refractivity contribution in [3.8, 4) is 0 Å². The van der Waals surface area contributed by atoms with Gasteiger partial charge in [-0.25, -0.2) is 4.98 Å². The van der Waals surface area contributed by atoms with Crippen LogP contribution < -0.4 is 5.32 Å². The molecule has 1 N–H and O–H groups in total. The minimum atomic E-state index is 0.831. The molecule has 90 valence electrons. The Kier molecular flexibility index (Phi) is 3.84. The van der Waals surface area contributed by atoms with Gasteiger partial charge in [0.25, 0.3) is 0 Å². The van der Waals surface area contributed by atoms with Crippen molar-refractivity contribution < 1.29 is 0 Å². The summed E-state index contributed by atoms with van der Waals surface area (Å²) in [5, 5.41) is 3.40. The number of halogens is 1. The molecule has 2 rings (SSSR count). The van der Waals surface area contributed by atoms with Crippen molar-refractivity contribution in [2.24, 2.45) is 0 Å². The van der Waals surface area contributed by atoms with Gasteiger partial charge in [0.05, 0.1) is 11.4 Å². The topological polar surface area (TPSA) is 29.9 Å². The Morgan fingerprint density at radius 3 is 2.82 bits per heavy atom. The quantitative estimate of drug-likeness (QED) is 0.873. The van der Waals surface area contributed by atoms with Crippen molar-refractivity contribution in [3.05, 3.63) is 46.5 Å². The van der Waals surface area contributed by atoms with Crippen molar-refractivity contribution in [1.29, 1.82) is 0 Å². The molecule has 0 aromatic carbocycles. The molecule has 0 unspecified atom stereocenters. The molecule has 0 atom stereocenters. The van der Waals surface area contributed by atoms with Gasteiger partial charge >= 0.3 is 0 Å². The van der Waals surface area contributed by atoms with E-state index in [0.717, 1.165) is 29.1 Å². The number of nitrogens with one attached hydrogen (secondary N) is 1. The number of nitrogens with zero attached hydrogens (tertiary/aromatic N) is 2. The number of aromatic nitrogens is 2. The monoisotopic (exact) mass is 293 g/mol. The van der Waals surface area contributed by atoms with Crippen LogP contribution in [0.3, 0.4) is 0 Å². The number of hydrogen-bond donors (Lipinski definition) is 1. The summed E-state index contributed by atoms with van der Waals surface area (Å²) in [5.74, 6) is 0. The third-order valence-corrected chi connectivity index (χ3v) is 3.15. The molecule has 0 spiro atoms. The van der Waals surface area contributed by atoms with Crippen molar-refractivity contribution >= 4 is 21.6 Å². The summed E-state index contributed by atoms with van der Waals surface area (Å²) >= 11 is 3.36. The van der Waals surface area contributed by atoms with Gasteiger partial charge in [0.15, 0.2) is 0 Å². The van der Waals surface area contributed by atoms with Gasteiger partial charge in [0.2, 0.25) is 0 Å². The summed E-state index contributed by atoms with van der Waals surface area (Å²) in [6.07, 6.45) is 4.26. The second-order valence-corrected chi connectivity index (χ2v) is 4.78. The predicted octanol–water partition coefficient (Wildman–Crippen LogP) is 3.59. The summed E-state index contributed by atoms with van der Waals surface area (Å²) in [4.78, 5) is 4.36. The van der Waals surface area contributed by atoms with E-state index in [-0.39, 0.29) is 0 Å². The van der Waals surface area contributed by atoms with Crippen LogP contribution in [-0.2, 0) is 13.1 Å². The van der Waals surface area contributed by atoms with E-state index in [1.165, 1.54) is 5.56 Å². The Labute approximate surface area is 110 Å². The number of anilines is 1. The lowest BCUT2D eigenvalue weighted by Crippen LogP contribution is -2.01. The Hall–Kier alpha value is -1.29. The minimum absolute atomic E-state index is 0.831. The molecule has 0 radical (unpaired) electrons. The number of aryl methyl sites for hydroxylation is 2. The maximum Gasteiger partial charge on any atom is 0.106 e. The van der Waals surface area contributed by atoms with Gasteiger partial charge in [-0.1, -0.05) is 0 Å². The molecule has 2 aromatic heterocycles. The van der Waals surface area contributed by atoms with Gasteiger partial charge in [-0.3, -0.25) is 0 Å². The fourth-order valence-electron chi connectivity index (χ4n) is 1.71. The average molecular weight is 294 g/mol. The van der Waals surface area contributed by atoms with E-state index in [4.69, 9.17) is 0 Å². The molecule has 0 saturated heterocycles. The van der Waals surface area contributed by atoms with Crippen LogP contribution in [0.25, 0.3) is 0 Å². The van der Waals surface area contributed by atoms with Crippen molar-refractivity contribution in [2.75, 3.05) is 5.32 Å². The Morgan fingerprint density at radius 2 is 2.18 bits per heavy atom. The van der Waals surface area contributed by atoms with Gasteiger partial charge < -0.3 is 9.88 Å². The zero-order chi connectivity index (χ0) is 12.3. The highest BCUT2D eigenvalue weighted by molar-refractivity contribution is 9.10. The van der Waals surface area contributed by atoms with Crippen LogP contribution in [0, 0.1) is 6.92 Å². The summed E-state index contributed by atoms with van der Waals surface area (Å²) in [7, 11) is 0. The second kappa shape index (κ2) is 5.36. The van der Waals surface area contributed by atoms with Crippen molar-refractivity contribution in [2.45, 2.75) is 26.9 Å². The molecule has 0 bridgehead atoms. The van der Waals surface area contributed by atoms with E-state index in [0.29, 0.717) is 0 Å². The molecule has 4 heteroatoms. The fraction of sp³-hybridized carbons (Fsp3) is 0.308. The van der Waals surface area contributed by atoms with Crippen molar-refractivity contribution in [3.63, 3.8) is 0 Å². The van der Waals surface area contributed by atoms with Crippen LogP contribution in [0.1, 0.15) is 18.2 Å². The molecule has 0 aliphatic heterocycles. The molecular formula is C13H16BrN3. The fourth-order valence-corrected chi connectivity index (χ4v) is 2.10. The lowest BCUT2D eigenvalue weighted by atomic mass is 10.3. The Morgan fingerprint density at radius 1 is 1.35 bits per heavy atom. The lowest BCUT2D eigenvalue weighted by Gasteiger charge is -2.08. The summed E-state index contributed by atoms with van der Waals surface area (Å²) < 4.78 is 3.04. The van der Waals surface area contributed by atoms with Crippen LogP contribution in [0.5, 0.6) is 0 Å². The zero-order valence-corrected chi connectivity index (χ0v) is 11.7. The molecule has 0 fully saturated rings. The van der Waals surface area contributed by atoms with E-state index in [1.807, 2.05) is 19.1 Å². The highest BCUT2D eigenvalue weighted by Gasteiger charge is 2.01. The van der Waals surface area contributed by atoms with Crippen LogP contribution in [-0.4, -0.2) is 9.55 Å². The molecule has 2 heterocycles. The first kappa shape index (κ1) is 12.2. The van der Waals surface area contributed by atoms with E-state index in [9.17, 15) is 0 Å². The van der Waals surface area contributed by atoms with Gasteiger partial charge in [-0.15, -0.1) is 0 Å². The van der Waals surface area contributed by atoms with E-state index < -0.39 is 0 Å². The van der Waals surface area contributed by atoms with E-state index in [2.05, 4.69) is 56.2 Å². The molecule has 2 aromatic rings. The summed E-state index contributed by atoms with van der Waals surface area (Å²) in [6.45, 7) is 5.99.